The van der Waals surface area contributed by atoms with Gasteiger partial charge in [0.2, 0.25) is 5.91 Å². The zero-order chi connectivity index (χ0) is 13.1. The van der Waals surface area contributed by atoms with Crippen LogP contribution in [-0.4, -0.2) is 40.0 Å². The normalized spacial score (nSPS) is 15.8. The Hall–Kier alpha value is -1.47. The van der Waals surface area contributed by atoms with E-state index in [0.717, 1.165) is 25.9 Å². The van der Waals surface area contributed by atoms with Crippen LogP contribution in [-0.2, 0) is 11.3 Å². The second-order valence-electron chi connectivity index (χ2n) is 4.26. The number of carboxylic acids is 1. The Kier molecular flexibility index (Phi) is 3.93. The number of amides is 1. The van der Waals surface area contributed by atoms with Gasteiger partial charge in [-0.15, -0.1) is 0 Å². The van der Waals surface area contributed by atoms with Crippen LogP contribution in [0.25, 0.3) is 0 Å². The van der Waals surface area contributed by atoms with Crippen molar-refractivity contribution in [1.82, 2.24) is 9.88 Å². The Morgan fingerprint density at radius 1 is 1.44 bits per heavy atom. The maximum Gasteiger partial charge on any atom is 0.355 e. The molecule has 2 N–H and O–H groups in total. The first-order valence-corrected chi connectivity index (χ1v) is 6.61. The predicted octanol–water partition coefficient (Wildman–Crippen LogP) is 1.40. The lowest BCUT2D eigenvalue weighted by Crippen LogP contribution is -2.19. The van der Waals surface area contributed by atoms with Gasteiger partial charge in [0.1, 0.15) is 0 Å². The van der Waals surface area contributed by atoms with E-state index in [2.05, 4.69) is 15.2 Å². The van der Waals surface area contributed by atoms with E-state index in [1.54, 1.807) is 0 Å². The van der Waals surface area contributed by atoms with Crippen molar-refractivity contribution in [1.29, 1.82) is 0 Å². The first-order chi connectivity index (χ1) is 8.56. The van der Waals surface area contributed by atoms with Crippen LogP contribution in [0.5, 0.6) is 0 Å². The zero-order valence-corrected chi connectivity index (χ0v) is 10.9. The number of aromatic nitrogens is 1. The van der Waals surface area contributed by atoms with E-state index in [-0.39, 0.29) is 11.6 Å². The maximum absolute atomic E-state index is 11.1. The number of nitrogens with one attached hydrogen (secondary N) is 1. The molecule has 1 fully saturated rings. The topological polar surface area (TPSA) is 82.5 Å². The van der Waals surface area contributed by atoms with Crippen LogP contribution < -0.4 is 5.32 Å². The number of carbonyl (C=O) groups is 2. The van der Waals surface area contributed by atoms with Gasteiger partial charge in [-0.1, -0.05) is 11.3 Å². The second kappa shape index (κ2) is 5.45. The third-order valence-electron chi connectivity index (χ3n) is 2.75. The Labute approximate surface area is 109 Å². The van der Waals surface area contributed by atoms with Gasteiger partial charge < -0.3 is 10.4 Å². The molecule has 1 aromatic heterocycles. The van der Waals surface area contributed by atoms with Crippen LogP contribution in [0.3, 0.4) is 0 Å². The summed E-state index contributed by atoms with van der Waals surface area (Å²) < 4.78 is 0. The summed E-state index contributed by atoms with van der Waals surface area (Å²) in [6.45, 7) is 3.96. The Morgan fingerprint density at radius 3 is 2.67 bits per heavy atom. The van der Waals surface area contributed by atoms with Gasteiger partial charge >= 0.3 is 5.97 Å². The molecule has 0 unspecified atom stereocenters. The second-order valence-corrected chi connectivity index (χ2v) is 5.34. The highest BCUT2D eigenvalue weighted by Crippen LogP contribution is 2.26. The molecule has 0 atom stereocenters. The molecule has 7 heteroatoms. The van der Waals surface area contributed by atoms with Crippen LogP contribution in [0.1, 0.15) is 35.1 Å². The van der Waals surface area contributed by atoms with Crippen LogP contribution in [0.15, 0.2) is 0 Å². The largest absolute Gasteiger partial charge is 0.476 e. The van der Waals surface area contributed by atoms with Crippen LogP contribution >= 0.6 is 11.3 Å². The summed E-state index contributed by atoms with van der Waals surface area (Å²) in [5, 5.41) is 12.0. The van der Waals surface area contributed by atoms with E-state index >= 15 is 0 Å². The maximum atomic E-state index is 11.1. The summed E-state index contributed by atoms with van der Waals surface area (Å²) in [4.78, 5) is 28.9. The SMILES string of the molecule is CC(=O)Nc1nc(C(=O)O)c(CN2CCCC2)s1. The van der Waals surface area contributed by atoms with Gasteiger partial charge in [0.25, 0.3) is 0 Å². The van der Waals surface area contributed by atoms with E-state index in [4.69, 9.17) is 5.11 Å². The molecule has 0 aromatic carbocycles. The molecular formula is C11H15N3O3S. The third-order valence-corrected chi connectivity index (χ3v) is 3.70. The summed E-state index contributed by atoms with van der Waals surface area (Å²) in [5.41, 5.74) is 0.0515. The van der Waals surface area contributed by atoms with Gasteiger partial charge in [-0.2, -0.15) is 0 Å². The van der Waals surface area contributed by atoms with Gasteiger partial charge in [-0.25, -0.2) is 9.78 Å². The molecule has 0 saturated carbocycles. The van der Waals surface area contributed by atoms with Gasteiger partial charge in [0.15, 0.2) is 10.8 Å². The third kappa shape index (κ3) is 3.05. The quantitative estimate of drug-likeness (QED) is 0.863. The van der Waals surface area contributed by atoms with Crippen molar-refractivity contribution in [3.63, 3.8) is 0 Å². The predicted molar refractivity (Wildman–Crippen MR) is 67.9 cm³/mol. The molecule has 1 aliphatic rings. The van der Waals surface area contributed by atoms with Crippen molar-refractivity contribution < 1.29 is 14.7 Å². The number of hydrogen-bond acceptors (Lipinski definition) is 5. The Balaban J connectivity index is 2.17. The van der Waals surface area contributed by atoms with E-state index < -0.39 is 5.97 Å². The number of rotatable bonds is 4. The average Bonchev–Trinajstić information content (AvgIpc) is 2.87. The first-order valence-electron chi connectivity index (χ1n) is 5.79. The molecule has 1 amide bonds. The number of carbonyl (C=O) groups excluding carboxylic acids is 1. The van der Waals surface area contributed by atoms with Crippen LogP contribution in [0.4, 0.5) is 5.13 Å². The molecular weight excluding hydrogens is 254 g/mol. The number of hydrogen-bond donors (Lipinski definition) is 2. The molecule has 98 valence electrons. The fraction of sp³-hybridized carbons (Fsp3) is 0.545. The molecule has 1 aromatic rings. The van der Waals surface area contributed by atoms with Gasteiger partial charge in [0, 0.05) is 13.5 Å². The number of nitrogens with zero attached hydrogens (tertiary/aromatic N) is 2. The minimum Gasteiger partial charge on any atom is -0.476 e. The fourth-order valence-electron chi connectivity index (χ4n) is 1.97. The monoisotopic (exact) mass is 269 g/mol. The minimum absolute atomic E-state index is 0.0515. The summed E-state index contributed by atoms with van der Waals surface area (Å²) in [5.74, 6) is -1.29. The van der Waals surface area contributed by atoms with Crippen molar-refractivity contribution in [2.24, 2.45) is 0 Å². The minimum atomic E-state index is -1.04. The Morgan fingerprint density at radius 2 is 2.11 bits per heavy atom. The van der Waals surface area contributed by atoms with Gasteiger partial charge in [0.05, 0.1) is 4.88 Å². The lowest BCUT2D eigenvalue weighted by molar-refractivity contribution is -0.114. The smallest absolute Gasteiger partial charge is 0.355 e. The van der Waals surface area contributed by atoms with Gasteiger partial charge in [-0.05, 0) is 25.9 Å². The highest BCUT2D eigenvalue weighted by atomic mass is 32.1. The average molecular weight is 269 g/mol. The molecule has 1 aliphatic heterocycles. The number of carboxylic acid groups (broad SMARTS) is 1. The molecule has 6 nitrogen and oxygen atoms in total. The molecule has 2 heterocycles. The lowest BCUT2D eigenvalue weighted by Gasteiger charge is -2.12. The summed E-state index contributed by atoms with van der Waals surface area (Å²) >= 11 is 1.24. The van der Waals surface area contributed by atoms with Crippen LogP contribution in [0, 0.1) is 0 Å². The molecule has 0 bridgehead atoms. The number of aromatic carboxylic acids is 1. The molecule has 0 radical (unpaired) electrons. The summed E-state index contributed by atoms with van der Waals surface area (Å²) in [7, 11) is 0. The molecule has 18 heavy (non-hydrogen) atoms. The number of thiazole rings is 1. The molecule has 0 spiro atoms. The summed E-state index contributed by atoms with van der Waals surface area (Å²) in [6.07, 6.45) is 2.31. The van der Waals surface area contributed by atoms with E-state index in [1.165, 1.54) is 18.3 Å². The molecule has 1 saturated heterocycles. The van der Waals surface area contributed by atoms with Gasteiger partial charge in [-0.3, -0.25) is 9.69 Å². The molecule has 0 aliphatic carbocycles. The highest BCUT2D eigenvalue weighted by molar-refractivity contribution is 7.16. The first kappa shape index (κ1) is 13.0. The van der Waals surface area contributed by atoms with Crippen molar-refractivity contribution in [3.05, 3.63) is 10.6 Å². The highest BCUT2D eigenvalue weighted by Gasteiger charge is 2.21. The van der Waals surface area contributed by atoms with E-state index in [1.807, 2.05) is 0 Å². The molecule has 2 rings (SSSR count). The standard InChI is InChI=1S/C11H15N3O3S/c1-7(15)12-11-13-9(10(16)17)8(18-11)6-14-4-2-3-5-14/h2-6H2,1H3,(H,16,17)(H,12,13,15). The summed E-state index contributed by atoms with van der Waals surface area (Å²) in [6, 6.07) is 0. The zero-order valence-electron chi connectivity index (χ0n) is 10.1. The lowest BCUT2D eigenvalue weighted by atomic mass is 10.3. The van der Waals surface area contributed by atoms with Crippen molar-refractivity contribution in [2.45, 2.75) is 26.3 Å². The Bertz CT molecular complexity index is 466. The van der Waals surface area contributed by atoms with Crippen molar-refractivity contribution in [2.75, 3.05) is 18.4 Å². The van der Waals surface area contributed by atoms with E-state index in [0.29, 0.717) is 16.6 Å². The van der Waals surface area contributed by atoms with Crippen molar-refractivity contribution in [3.8, 4) is 0 Å². The van der Waals surface area contributed by atoms with Crippen LogP contribution in [0.2, 0.25) is 0 Å². The van der Waals surface area contributed by atoms with E-state index in [9.17, 15) is 9.59 Å². The number of likely N-dealkylation sites (tertiary alicyclic amines) is 1. The fourth-order valence-corrected chi connectivity index (χ4v) is 3.02. The number of anilines is 1. The van der Waals surface area contributed by atoms with Crippen molar-refractivity contribution >= 4 is 28.3 Å².